The van der Waals surface area contributed by atoms with E-state index in [2.05, 4.69) is 28.8 Å². The van der Waals surface area contributed by atoms with Gasteiger partial charge in [0, 0.05) is 6.20 Å². The highest BCUT2D eigenvalue weighted by molar-refractivity contribution is 5.82. The zero-order valence-corrected chi connectivity index (χ0v) is 9.51. The van der Waals surface area contributed by atoms with Crippen molar-refractivity contribution in [3.05, 3.63) is 18.2 Å². The summed E-state index contributed by atoms with van der Waals surface area (Å²) in [5.41, 5.74) is 8.41. The number of hydrogen-bond donors (Lipinski definition) is 1. The van der Waals surface area contributed by atoms with Gasteiger partial charge in [0.15, 0.2) is 17.0 Å². The third kappa shape index (κ3) is 1.88. The average molecular weight is 217 g/mol. The molecule has 0 atom stereocenters. The number of allylic oxidation sites excluding steroid dienone is 1. The van der Waals surface area contributed by atoms with Crippen molar-refractivity contribution in [2.45, 2.75) is 26.7 Å². The Labute approximate surface area is 94.0 Å². The van der Waals surface area contributed by atoms with Crippen molar-refractivity contribution in [3.63, 3.8) is 0 Å². The van der Waals surface area contributed by atoms with Crippen molar-refractivity contribution in [1.29, 1.82) is 0 Å². The van der Waals surface area contributed by atoms with Gasteiger partial charge >= 0.3 is 0 Å². The normalized spacial score (nSPS) is 12.2. The fourth-order valence-corrected chi connectivity index (χ4v) is 1.66. The van der Waals surface area contributed by atoms with Gasteiger partial charge in [-0.15, -0.1) is 0 Å². The molecular formula is C11H15N5. The van der Waals surface area contributed by atoms with Gasteiger partial charge in [-0.2, -0.15) is 0 Å². The lowest BCUT2D eigenvalue weighted by atomic mass is 10.2. The highest BCUT2D eigenvalue weighted by Crippen LogP contribution is 2.15. The van der Waals surface area contributed by atoms with Crippen molar-refractivity contribution in [2.24, 2.45) is 0 Å². The van der Waals surface area contributed by atoms with Crippen LogP contribution < -0.4 is 5.73 Å². The van der Waals surface area contributed by atoms with E-state index in [0.29, 0.717) is 11.3 Å². The second-order valence-electron chi connectivity index (χ2n) is 3.81. The molecule has 16 heavy (non-hydrogen) atoms. The van der Waals surface area contributed by atoms with E-state index < -0.39 is 0 Å². The molecule has 0 aliphatic carbocycles. The summed E-state index contributed by atoms with van der Waals surface area (Å²) in [6.07, 6.45) is 7.41. The Morgan fingerprint density at radius 2 is 2.25 bits per heavy atom. The Balaban J connectivity index is 2.47. The molecule has 0 amide bonds. The number of fused-ring (bicyclic) bond motifs is 1. The summed E-state index contributed by atoms with van der Waals surface area (Å²) in [7, 11) is 0. The standard InChI is InChI=1S/C11H15N5/c1-3-4-8(2)5-16-7-15-9-10(12)13-6-14-11(9)16/h5-7H,3-4H2,1-2H3,(H2,12,13,14). The zero-order chi connectivity index (χ0) is 11.5. The fraction of sp³-hybridized carbons (Fsp3) is 0.364. The number of nitrogen functional groups attached to an aromatic ring is 1. The Morgan fingerprint density at radius 3 is 3.00 bits per heavy atom. The molecule has 2 N–H and O–H groups in total. The molecule has 0 fully saturated rings. The first-order valence-corrected chi connectivity index (χ1v) is 5.32. The molecule has 2 rings (SSSR count). The summed E-state index contributed by atoms with van der Waals surface area (Å²) in [5.74, 6) is 0.422. The van der Waals surface area contributed by atoms with E-state index in [-0.39, 0.29) is 0 Å². The van der Waals surface area contributed by atoms with Crippen LogP contribution in [-0.2, 0) is 0 Å². The van der Waals surface area contributed by atoms with E-state index in [1.807, 2.05) is 10.8 Å². The first-order chi connectivity index (χ1) is 7.72. The minimum Gasteiger partial charge on any atom is -0.382 e. The number of nitrogens with two attached hydrogens (primary N) is 1. The lowest BCUT2D eigenvalue weighted by Gasteiger charge is -2.00. The molecule has 5 nitrogen and oxygen atoms in total. The number of hydrogen-bond acceptors (Lipinski definition) is 4. The van der Waals surface area contributed by atoms with E-state index in [9.17, 15) is 0 Å². The molecule has 0 bridgehead atoms. The molecule has 0 saturated heterocycles. The molecular weight excluding hydrogens is 202 g/mol. The Morgan fingerprint density at radius 1 is 1.44 bits per heavy atom. The second kappa shape index (κ2) is 4.30. The molecule has 0 saturated carbocycles. The second-order valence-corrected chi connectivity index (χ2v) is 3.81. The molecule has 2 aromatic heterocycles. The minimum absolute atomic E-state index is 0.422. The molecule has 0 radical (unpaired) electrons. The van der Waals surface area contributed by atoms with Crippen LogP contribution in [0.1, 0.15) is 26.7 Å². The van der Waals surface area contributed by atoms with E-state index in [0.717, 1.165) is 18.5 Å². The highest BCUT2D eigenvalue weighted by Gasteiger charge is 2.05. The zero-order valence-electron chi connectivity index (χ0n) is 9.51. The third-order valence-electron chi connectivity index (χ3n) is 2.39. The smallest absolute Gasteiger partial charge is 0.169 e. The van der Waals surface area contributed by atoms with Gasteiger partial charge in [-0.3, -0.25) is 4.57 Å². The van der Waals surface area contributed by atoms with Crippen LogP contribution in [0.5, 0.6) is 0 Å². The van der Waals surface area contributed by atoms with Gasteiger partial charge in [-0.25, -0.2) is 15.0 Å². The van der Waals surface area contributed by atoms with Gasteiger partial charge in [0.25, 0.3) is 0 Å². The maximum atomic E-state index is 5.71. The van der Waals surface area contributed by atoms with E-state index in [1.54, 1.807) is 6.33 Å². The molecule has 84 valence electrons. The fourth-order valence-electron chi connectivity index (χ4n) is 1.66. The van der Waals surface area contributed by atoms with E-state index in [1.165, 1.54) is 11.9 Å². The maximum Gasteiger partial charge on any atom is 0.169 e. The topological polar surface area (TPSA) is 69.6 Å². The van der Waals surface area contributed by atoms with Crippen LogP contribution in [0.25, 0.3) is 17.4 Å². The van der Waals surface area contributed by atoms with Crippen molar-refractivity contribution in [1.82, 2.24) is 19.5 Å². The summed E-state index contributed by atoms with van der Waals surface area (Å²) in [6, 6.07) is 0. The van der Waals surface area contributed by atoms with Crippen LogP contribution >= 0.6 is 0 Å². The summed E-state index contributed by atoms with van der Waals surface area (Å²) in [6.45, 7) is 4.25. The largest absolute Gasteiger partial charge is 0.382 e. The van der Waals surface area contributed by atoms with Crippen LogP contribution in [0.3, 0.4) is 0 Å². The summed E-state index contributed by atoms with van der Waals surface area (Å²) < 4.78 is 1.89. The molecule has 2 aromatic rings. The lowest BCUT2D eigenvalue weighted by Crippen LogP contribution is -1.94. The summed E-state index contributed by atoms with van der Waals surface area (Å²) >= 11 is 0. The van der Waals surface area contributed by atoms with Crippen LogP contribution in [-0.4, -0.2) is 19.5 Å². The lowest BCUT2D eigenvalue weighted by molar-refractivity contribution is 0.903. The van der Waals surface area contributed by atoms with Crippen LogP contribution in [0.15, 0.2) is 18.2 Å². The molecule has 0 unspecified atom stereocenters. The molecule has 0 aliphatic heterocycles. The van der Waals surface area contributed by atoms with Crippen molar-refractivity contribution in [3.8, 4) is 0 Å². The molecule has 2 heterocycles. The third-order valence-corrected chi connectivity index (χ3v) is 2.39. The predicted molar refractivity (Wildman–Crippen MR) is 64.6 cm³/mol. The van der Waals surface area contributed by atoms with Crippen molar-refractivity contribution < 1.29 is 0 Å². The van der Waals surface area contributed by atoms with Crippen LogP contribution in [0.2, 0.25) is 0 Å². The van der Waals surface area contributed by atoms with Gasteiger partial charge < -0.3 is 5.73 Å². The number of aromatic nitrogens is 4. The van der Waals surface area contributed by atoms with Gasteiger partial charge in [-0.05, 0) is 13.3 Å². The molecule has 0 aromatic carbocycles. The van der Waals surface area contributed by atoms with Crippen LogP contribution in [0, 0.1) is 0 Å². The summed E-state index contributed by atoms with van der Waals surface area (Å²) in [5, 5.41) is 0. The van der Waals surface area contributed by atoms with Gasteiger partial charge in [0.05, 0.1) is 0 Å². The predicted octanol–water partition coefficient (Wildman–Crippen LogP) is 2.07. The Bertz CT molecular complexity index is 526. The maximum absolute atomic E-state index is 5.71. The van der Waals surface area contributed by atoms with Crippen LogP contribution in [0.4, 0.5) is 5.82 Å². The number of rotatable bonds is 3. The van der Waals surface area contributed by atoms with E-state index in [4.69, 9.17) is 5.73 Å². The van der Waals surface area contributed by atoms with E-state index >= 15 is 0 Å². The van der Waals surface area contributed by atoms with Crippen molar-refractivity contribution >= 4 is 23.2 Å². The summed E-state index contributed by atoms with van der Waals surface area (Å²) in [4.78, 5) is 12.3. The number of imidazole rings is 1. The molecule has 5 heteroatoms. The first-order valence-electron chi connectivity index (χ1n) is 5.32. The van der Waals surface area contributed by atoms with Crippen molar-refractivity contribution in [2.75, 3.05) is 5.73 Å². The number of anilines is 1. The highest BCUT2D eigenvalue weighted by atomic mass is 15.1. The molecule has 0 spiro atoms. The Hall–Kier alpha value is -1.91. The van der Waals surface area contributed by atoms with Gasteiger partial charge in [0.2, 0.25) is 0 Å². The number of nitrogens with zero attached hydrogens (tertiary/aromatic N) is 4. The SMILES string of the molecule is CCCC(C)=Cn1cnc2c(N)ncnc21. The monoisotopic (exact) mass is 217 g/mol. The molecule has 0 aliphatic rings. The first kappa shape index (κ1) is 10.6. The minimum atomic E-state index is 0.422. The van der Waals surface area contributed by atoms with Gasteiger partial charge in [0.1, 0.15) is 12.7 Å². The quantitative estimate of drug-likeness (QED) is 0.854. The average Bonchev–Trinajstić information content (AvgIpc) is 2.64. The van der Waals surface area contributed by atoms with Gasteiger partial charge in [-0.1, -0.05) is 18.9 Å². The Kier molecular flexibility index (Phi) is 2.85.